The molecule has 0 radical (unpaired) electrons. The first-order valence-corrected chi connectivity index (χ1v) is 9.72. The number of carbonyl (C=O) groups excluding carboxylic acids is 2. The lowest BCUT2D eigenvalue weighted by molar-refractivity contribution is -0.149. The van der Waals surface area contributed by atoms with E-state index in [0.29, 0.717) is 42.7 Å². The summed E-state index contributed by atoms with van der Waals surface area (Å²) in [4.78, 5) is 23.9. The van der Waals surface area contributed by atoms with E-state index in [4.69, 9.17) is 14.2 Å². The standard InChI is InChI=1S/C21H29NO5/c1-25-18-6-4-14(11-19(18)26-2)7-8-22-20(23)13-27-21(24)12-17-10-15-3-5-16(17)9-15/h4,6,11,15-17H,3,5,7-10,12-13H2,1-2H3,(H,22,23)/t15-,16+,17-/m0/s1. The Hall–Kier alpha value is -2.24. The van der Waals surface area contributed by atoms with Gasteiger partial charge in [0.25, 0.3) is 5.91 Å². The first-order chi connectivity index (χ1) is 13.1. The van der Waals surface area contributed by atoms with E-state index in [1.165, 1.54) is 19.3 Å². The average Bonchev–Trinajstić information content (AvgIpc) is 3.29. The predicted octanol–water partition coefficient (Wildman–Crippen LogP) is 2.73. The van der Waals surface area contributed by atoms with E-state index in [0.717, 1.165) is 17.9 Å². The lowest BCUT2D eigenvalue weighted by Gasteiger charge is -2.20. The molecule has 6 nitrogen and oxygen atoms in total. The highest BCUT2D eigenvalue weighted by Crippen LogP contribution is 2.49. The minimum absolute atomic E-state index is 0.203. The summed E-state index contributed by atoms with van der Waals surface area (Å²) in [6.07, 6.45) is 6.11. The monoisotopic (exact) mass is 375 g/mol. The lowest BCUT2D eigenvalue weighted by atomic mass is 9.86. The molecule has 2 fully saturated rings. The van der Waals surface area contributed by atoms with Crippen LogP contribution in [-0.2, 0) is 20.7 Å². The number of amides is 1. The first-order valence-electron chi connectivity index (χ1n) is 9.72. The van der Waals surface area contributed by atoms with Crippen LogP contribution in [0.4, 0.5) is 0 Å². The summed E-state index contributed by atoms with van der Waals surface area (Å²) in [6, 6.07) is 5.66. The molecule has 1 N–H and O–H groups in total. The Kier molecular flexibility index (Phi) is 6.58. The van der Waals surface area contributed by atoms with Crippen LogP contribution < -0.4 is 14.8 Å². The van der Waals surface area contributed by atoms with E-state index >= 15 is 0 Å². The fourth-order valence-electron chi connectivity index (χ4n) is 4.48. The summed E-state index contributed by atoms with van der Waals surface area (Å²) in [5, 5.41) is 2.79. The summed E-state index contributed by atoms with van der Waals surface area (Å²) in [7, 11) is 3.19. The number of ether oxygens (including phenoxy) is 3. The predicted molar refractivity (Wildman–Crippen MR) is 101 cm³/mol. The molecular weight excluding hydrogens is 346 g/mol. The molecule has 0 spiro atoms. The van der Waals surface area contributed by atoms with Crippen LogP contribution in [-0.4, -0.2) is 39.2 Å². The minimum atomic E-state index is -0.267. The SMILES string of the molecule is COc1ccc(CCNC(=O)COC(=O)C[C@@H]2C[C@H]3CC[C@@H]2C3)cc1OC. The molecule has 0 unspecified atom stereocenters. The van der Waals surface area contributed by atoms with Gasteiger partial charge in [-0.25, -0.2) is 0 Å². The normalized spacial score (nSPS) is 23.1. The molecule has 0 heterocycles. The number of carbonyl (C=O) groups is 2. The lowest BCUT2D eigenvalue weighted by Crippen LogP contribution is -2.31. The molecule has 27 heavy (non-hydrogen) atoms. The second-order valence-electron chi connectivity index (χ2n) is 7.59. The zero-order valence-electron chi connectivity index (χ0n) is 16.2. The molecule has 2 aliphatic rings. The number of hydrogen-bond donors (Lipinski definition) is 1. The maximum Gasteiger partial charge on any atom is 0.306 e. The van der Waals surface area contributed by atoms with Crippen LogP contribution in [0.15, 0.2) is 18.2 Å². The molecule has 0 saturated heterocycles. The molecule has 1 aromatic carbocycles. The van der Waals surface area contributed by atoms with Gasteiger partial charge in [-0.1, -0.05) is 12.5 Å². The van der Waals surface area contributed by atoms with Crippen molar-refractivity contribution < 1.29 is 23.8 Å². The van der Waals surface area contributed by atoms with Gasteiger partial charge in [0.1, 0.15) is 0 Å². The average molecular weight is 375 g/mol. The van der Waals surface area contributed by atoms with Crippen molar-refractivity contribution in [1.29, 1.82) is 0 Å². The Labute approximate surface area is 160 Å². The third-order valence-electron chi connectivity index (χ3n) is 5.86. The molecule has 3 rings (SSSR count). The van der Waals surface area contributed by atoms with Gasteiger partial charge in [0, 0.05) is 13.0 Å². The van der Waals surface area contributed by atoms with Gasteiger partial charge in [-0.05, 0) is 61.1 Å². The van der Waals surface area contributed by atoms with Crippen molar-refractivity contribution in [3.63, 3.8) is 0 Å². The number of methoxy groups -OCH3 is 2. The maximum absolute atomic E-state index is 12.0. The van der Waals surface area contributed by atoms with Crippen molar-refractivity contribution in [2.45, 2.75) is 38.5 Å². The van der Waals surface area contributed by atoms with Gasteiger partial charge in [-0.2, -0.15) is 0 Å². The van der Waals surface area contributed by atoms with Crippen molar-refractivity contribution in [3.05, 3.63) is 23.8 Å². The van der Waals surface area contributed by atoms with Gasteiger partial charge in [-0.15, -0.1) is 0 Å². The molecular formula is C21H29NO5. The smallest absolute Gasteiger partial charge is 0.306 e. The zero-order valence-corrected chi connectivity index (χ0v) is 16.2. The van der Waals surface area contributed by atoms with Crippen LogP contribution in [0.2, 0.25) is 0 Å². The van der Waals surface area contributed by atoms with Gasteiger partial charge in [-0.3, -0.25) is 9.59 Å². The van der Waals surface area contributed by atoms with Crippen molar-refractivity contribution in [1.82, 2.24) is 5.32 Å². The Morgan fingerprint density at radius 1 is 1.11 bits per heavy atom. The van der Waals surface area contributed by atoms with Crippen molar-refractivity contribution >= 4 is 11.9 Å². The van der Waals surface area contributed by atoms with Gasteiger partial charge in [0.15, 0.2) is 18.1 Å². The van der Waals surface area contributed by atoms with E-state index in [-0.39, 0.29) is 18.5 Å². The second kappa shape index (κ2) is 9.11. The number of rotatable bonds is 9. The van der Waals surface area contributed by atoms with E-state index < -0.39 is 0 Å². The van der Waals surface area contributed by atoms with Gasteiger partial charge >= 0.3 is 5.97 Å². The Morgan fingerprint density at radius 3 is 2.59 bits per heavy atom. The summed E-state index contributed by atoms with van der Waals surface area (Å²) in [6.45, 7) is 0.268. The summed E-state index contributed by atoms with van der Waals surface area (Å²) in [5.41, 5.74) is 1.03. The second-order valence-corrected chi connectivity index (χ2v) is 7.59. The third kappa shape index (κ3) is 5.15. The van der Waals surface area contributed by atoms with Gasteiger partial charge < -0.3 is 19.5 Å². The van der Waals surface area contributed by atoms with Crippen molar-refractivity contribution in [2.75, 3.05) is 27.4 Å². The van der Waals surface area contributed by atoms with Crippen molar-refractivity contribution in [2.24, 2.45) is 17.8 Å². The van der Waals surface area contributed by atoms with Crippen LogP contribution in [0, 0.1) is 17.8 Å². The number of benzene rings is 1. The summed E-state index contributed by atoms with van der Waals surface area (Å²) in [5.74, 6) is 2.79. The zero-order chi connectivity index (χ0) is 19.2. The topological polar surface area (TPSA) is 73.9 Å². The highest BCUT2D eigenvalue weighted by molar-refractivity contribution is 5.80. The van der Waals surface area contributed by atoms with Crippen LogP contribution in [0.3, 0.4) is 0 Å². The molecule has 6 heteroatoms. The minimum Gasteiger partial charge on any atom is -0.493 e. The molecule has 0 aliphatic heterocycles. The maximum atomic E-state index is 12.0. The summed E-state index contributed by atoms with van der Waals surface area (Å²) < 4.78 is 15.6. The van der Waals surface area contributed by atoms with Crippen LogP contribution in [0.5, 0.6) is 11.5 Å². The number of esters is 1. The van der Waals surface area contributed by atoms with Crippen molar-refractivity contribution in [3.8, 4) is 11.5 Å². The third-order valence-corrected chi connectivity index (χ3v) is 5.86. The van der Waals surface area contributed by atoms with E-state index in [1.54, 1.807) is 14.2 Å². The number of hydrogen-bond acceptors (Lipinski definition) is 5. The fraction of sp³-hybridized carbons (Fsp3) is 0.619. The highest BCUT2D eigenvalue weighted by Gasteiger charge is 2.40. The molecule has 0 aromatic heterocycles. The highest BCUT2D eigenvalue weighted by atomic mass is 16.5. The van der Waals surface area contributed by atoms with E-state index in [2.05, 4.69) is 5.32 Å². The van der Waals surface area contributed by atoms with Gasteiger partial charge in [0.2, 0.25) is 0 Å². The summed E-state index contributed by atoms with van der Waals surface area (Å²) >= 11 is 0. The molecule has 1 amide bonds. The Morgan fingerprint density at radius 2 is 1.93 bits per heavy atom. The number of nitrogens with one attached hydrogen (secondary N) is 1. The number of fused-ring (bicyclic) bond motifs is 2. The van der Waals surface area contributed by atoms with Gasteiger partial charge in [0.05, 0.1) is 14.2 Å². The molecule has 2 bridgehead atoms. The fourth-order valence-corrected chi connectivity index (χ4v) is 4.48. The largest absolute Gasteiger partial charge is 0.493 e. The van der Waals surface area contributed by atoms with Crippen LogP contribution in [0.25, 0.3) is 0 Å². The molecule has 148 valence electrons. The Balaban J connectivity index is 1.33. The van der Waals surface area contributed by atoms with E-state index in [9.17, 15) is 9.59 Å². The quantitative estimate of drug-likeness (QED) is 0.672. The molecule has 1 aromatic rings. The Bertz CT molecular complexity index is 675. The first kappa shape index (κ1) is 19.5. The van der Waals surface area contributed by atoms with Crippen LogP contribution in [0.1, 0.15) is 37.7 Å². The van der Waals surface area contributed by atoms with E-state index in [1.807, 2.05) is 18.2 Å². The van der Waals surface area contributed by atoms with Crippen LogP contribution >= 0.6 is 0 Å². The molecule has 2 aliphatic carbocycles. The molecule has 3 atom stereocenters. The molecule has 2 saturated carbocycles.